The Hall–Kier alpha value is -2.19. The Labute approximate surface area is 215 Å². The van der Waals surface area contributed by atoms with Crippen molar-refractivity contribution in [2.45, 2.75) is 24.5 Å². The average molecular weight is 538 g/mol. The van der Waals surface area contributed by atoms with Gasteiger partial charge in [-0.3, -0.25) is 9.10 Å². The normalized spacial score (nSPS) is 11.3. The largest absolute Gasteiger partial charge is 0.354 e. The van der Waals surface area contributed by atoms with Crippen molar-refractivity contribution in [2.75, 3.05) is 23.1 Å². The summed E-state index contributed by atoms with van der Waals surface area (Å²) in [4.78, 5) is 12.9. The van der Waals surface area contributed by atoms with Crippen LogP contribution in [0.25, 0.3) is 0 Å². The number of benzene rings is 3. The van der Waals surface area contributed by atoms with E-state index in [4.69, 9.17) is 23.2 Å². The Morgan fingerprint density at radius 2 is 1.74 bits per heavy atom. The highest BCUT2D eigenvalue weighted by Crippen LogP contribution is 2.28. The maximum Gasteiger partial charge on any atom is 0.264 e. The number of hydrogen-bond acceptors (Lipinski definition) is 4. The number of aryl methyl sites for hydroxylation is 1. The molecule has 0 saturated heterocycles. The van der Waals surface area contributed by atoms with Crippen molar-refractivity contribution in [1.29, 1.82) is 0 Å². The number of carbonyl (C=O) groups excluding carboxylic acids is 1. The zero-order valence-corrected chi connectivity index (χ0v) is 22.1. The molecule has 0 heterocycles. The molecule has 0 radical (unpaired) electrons. The molecule has 3 rings (SSSR count). The number of carbonyl (C=O) groups is 1. The number of nitrogens with one attached hydrogen (secondary N) is 1. The fourth-order valence-corrected chi connectivity index (χ4v) is 6.21. The van der Waals surface area contributed by atoms with E-state index in [1.54, 1.807) is 54.2 Å². The lowest BCUT2D eigenvalue weighted by molar-refractivity contribution is -0.119. The molecule has 34 heavy (non-hydrogen) atoms. The lowest BCUT2D eigenvalue weighted by Gasteiger charge is -2.26. The summed E-state index contributed by atoms with van der Waals surface area (Å²) in [7, 11) is -3.93. The van der Waals surface area contributed by atoms with Gasteiger partial charge in [-0.05, 0) is 60.9 Å². The lowest BCUT2D eigenvalue weighted by atomic mass is 10.1. The Morgan fingerprint density at radius 1 is 1.00 bits per heavy atom. The minimum atomic E-state index is -3.93. The van der Waals surface area contributed by atoms with Crippen LogP contribution in [-0.2, 0) is 20.6 Å². The van der Waals surface area contributed by atoms with Crippen molar-refractivity contribution in [1.82, 2.24) is 5.32 Å². The van der Waals surface area contributed by atoms with E-state index in [0.717, 1.165) is 16.7 Å². The van der Waals surface area contributed by atoms with Crippen molar-refractivity contribution in [3.63, 3.8) is 0 Å². The van der Waals surface area contributed by atoms with Gasteiger partial charge in [0, 0.05) is 28.1 Å². The van der Waals surface area contributed by atoms with E-state index in [1.807, 2.05) is 26.0 Å². The van der Waals surface area contributed by atoms with Gasteiger partial charge in [-0.25, -0.2) is 8.42 Å². The van der Waals surface area contributed by atoms with Crippen molar-refractivity contribution in [2.24, 2.45) is 0 Å². The van der Waals surface area contributed by atoms with Gasteiger partial charge in [0.1, 0.15) is 6.54 Å². The first-order chi connectivity index (χ1) is 16.2. The molecule has 1 amide bonds. The Balaban J connectivity index is 1.66. The number of sulfonamides is 1. The summed E-state index contributed by atoms with van der Waals surface area (Å²) in [6.45, 7) is 3.86. The molecule has 0 atom stereocenters. The van der Waals surface area contributed by atoms with Gasteiger partial charge in [-0.1, -0.05) is 59.6 Å². The van der Waals surface area contributed by atoms with E-state index < -0.39 is 10.0 Å². The monoisotopic (exact) mass is 536 g/mol. The second-order valence-corrected chi connectivity index (χ2v) is 11.5. The van der Waals surface area contributed by atoms with Crippen LogP contribution in [0.15, 0.2) is 71.6 Å². The van der Waals surface area contributed by atoms with Gasteiger partial charge in [-0.2, -0.15) is 11.8 Å². The molecule has 0 saturated carbocycles. The van der Waals surface area contributed by atoms with E-state index in [0.29, 0.717) is 33.8 Å². The summed E-state index contributed by atoms with van der Waals surface area (Å²) in [6, 6.07) is 19.0. The van der Waals surface area contributed by atoms with Crippen molar-refractivity contribution in [3.8, 4) is 0 Å². The topological polar surface area (TPSA) is 66.5 Å². The summed E-state index contributed by atoms with van der Waals surface area (Å²) in [5.41, 5.74) is 3.22. The number of thioether (sulfide) groups is 1. The van der Waals surface area contributed by atoms with Crippen LogP contribution in [-0.4, -0.2) is 33.2 Å². The first-order valence-corrected chi connectivity index (χ1v) is 14.0. The van der Waals surface area contributed by atoms with Crippen LogP contribution >= 0.6 is 35.0 Å². The summed E-state index contributed by atoms with van der Waals surface area (Å²) >= 11 is 13.7. The maximum atomic E-state index is 13.4. The van der Waals surface area contributed by atoms with Crippen molar-refractivity contribution >= 4 is 56.6 Å². The molecule has 1 N–H and O–H groups in total. The zero-order chi connectivity index (χ0) is 24.7. The fourth-order valence-electron chi connectivity index (χ4n) is 3.29. The highest BCUT2D eigenvalue weighted by atomic mass is 35.5. The SMILES string of the molecule is Cc1cccc(N(CC(=O)NCCSCc2ccc(Cl)cc2Cl)S(=O)(=O)c2ccccc2)c1C. The molecule has 0 aliphatic rings. The second kappa shape index (κ2) is 12.0. The van der Waals surface area contributed by atoms with Gasteiger partial charge in [-0.15, -0.1) is 0 Å². The number of amides is 1. The number of anilines is 1. The quantitative estimate of drug-likeness (QED) is 0.329. The van der Waals surface area contributed by atoms with Gasteiger partial charge in [0.25, 0.3) is 10.0 Å². The van der Waals surface area contributed by atoms with Gasteiger partial charge < -0.3 is 5.32 Å². The smallest absolute Gasteiger partial charge is 0.264 e. The molecular weight excluding hydrogens is 511 g/mol. The van der Waals surface area contributed by atoms with Crippen molar-refractivity contribution < 1.29 is 13.2 Å². The highest BCUT2D eigenvalue weighted by Gasteiger charge is 2.28. The number of hydrogen-bond donors (Lipinski definition) is 1. The predicted octanol–water partition coefficient (Wildman–Crippen LogP) is 5.86. The van der Waals surface area contributed by atoms with Crippen LogP contribution in [0.4, 0.5) is 5.69 Å². The lowest BCUT2D eigenvalue weighted by Crippen LogP contribution is -2.41. The Bertz CT molecular complexity index is 1250. The molecule has 0 aliphatic heterocycles. The third kappa shape index (κ3) is 6.69. The minimum Gasteiger partial charge on any atom is -0.354 e. The van der Waals surface area contributed by atoms with Crippen LogP contribution in [0.2, 0.25) is 10.0 Å². The molecule has 0 aliphatic carbocycles. The zero-order valence-electron chi connectivity index (χ0n) is 18.9. The molecule has 5 nitrogen and oxygen atoms in total. The molecule has 3 aromatic carbocycles. The van der Waals surface area contributed by atoms with Crippen LogP contribution in [0.3, 0.4) is 0 Å². The summed E-state index contributed by atoms with van der Waals surface area (Å²) in [5.74, 6) is 0.966. The van der Waals surface area contributed by atoms with Crippen LogP contribution in [0.1, 0.15) is 16.7 Å². The summed E-state index contributed by atoms with van der Waals surface area (Å²) in [5, 5.41) is 4.03. The number of nitrogens with zero attached hydrogens (tertiary/aromatic N) is 1. The van der Waals surface area contributed by atoms with Crippen LogP contribution in [0.5, 0.6) is 0 Å². The Morgan fingerprint density at radius 3 is 2.44 bits per heavy atom. The maximum absolute atomic E-state index is 13.4. The van der Waals surface area contributed by atoms with Gasteiger partial charge in [0.15, 0.2) is 0 Å². The van der Waals surface area contributed by atoms with Gasteiger partial charge in [0.2, 0.25) is 5.91 Å². The Kier molecular flexibility index (Phi) is 9.31. The van der Waals surface area contributed by atoms with E-state index in [2.05, 4.69) is 5.32 Å². The highest BCUT2D eigenvalue weighted by molar-refractivity contribution is 7.98. The molecule has 0 bridgehead atoms. The molecule has 9 heteroatoms. The fraction of sp³-hybridized carbons (Fsp3) is 0.240. The molecule has 0 aromatic heterocycles. The van der Waals surface area contributed by atoms with E-state index in [-0.39, 0.29) is 17.3 Å². The summed E-state index contributed by atoms with van der Waals surface area (Å²) < 4.78 is 28.1. The second-order valence-electron chi connectivity index (χ2n) is 7.68. The van der Waals surface area contributed by atoms with Crippen LogP contribution < -0.4 is 9.62 Å². The summed E-state index contributed by atoms with van der Waals surface area (Å²) in [6.07, 6.45) is 0. The first-order valence-electron chi connectivity index (χ1n) is 10.6. The van der Waals surface area contributed by atoms with Crippen LogP contribution in [0, 0.1) is 13.8 Å². The minimum absolute atomic E-state index is 0.138. The van der Waals surface area contributed by atoms with E-state index in [9.17, 15) is 13.2 Å². The third-order valence-electron chi connectivity index (χ3n) is 5.30. The predicted molar refractivity (Wildman–Crippen MR) is 143 cm³/mol. The van der Waals surface area contributed by atoms with Crippen molar-refractivity contribution in [3.05, 3.63) is 93.5 Å². The molecule has 3 aromatic rings. The number of halogens is 2. The van der Waals surface area contributed by atoms with Gasteiger partial charge >= 0.3 is 0 Å². The number of rotatable bonds is 10. The standard InChI is InChI=1S/C25H26Cl2N2O3S2/c1-18-7-6-10-24(19(18)2)29(34(31,32)22-8-4-3-5-9-22)16-25(30)28-13-14-33-17-20-11-12-21(26)15-23(20)27/h3-12,15H,13-14,16-17H2,1-2H3,(H,28,30). The molecule has 180 valence electrons. The molecule has 0 fully saturated rings. The molecular formula is C25H26Cl2N2O3S2. The van der Waals surface area contributed by atoms with Gasteiger partial charge in [0.05, 0.1) is 10.6 Å². The average Bonchev–Trinajstić information content (AvgIpc) is 2.81. The first kappa shape index (κ1) is 26.4. The third-order valence-corrected chi connectivity index (χ3v) is 8.67. The molecule has 0 spiro atoms. The molecule has 0 unspecified atom stereocenters. The van der Waals surface area contributed by atoms with E-state index >= 15 is 0 Å². The van der Waals surface area contributed by atoms with E-state index in [1.165, 1.54) is 16.4 Å².